The number of likely N-dealkylation sites (tertiary alicyclic amines) is 1. The summed E-state index contributed by atoms with van der Waals surface area (Å²) in [4.78, 5) is 40.0. The SMILES string of the molecule is CNC(=O)/N=C(\N)N1CCC(CC(=O)N2CCN(C3c4ccc(C)cc4CCc4cc(Br)cnc43)CC2)CC1. The summed E-state index contributed by atoms with van der Waals surface area (Å²) in [6, 6.07) is 8.69. The fourth-order valence-electron chi connectivity index (χ4n) is 6.14. The van der Waals surface area contributed by atoms with Gasteiger partial charge < -0.3 is 20.9 Å². The maximum Gasteiger partial charge on any atom is 0.343 e. The highest BCUT2D eigenvalue weighted by Gasteiger charge is 2.34. The van der Waals surface area contributed by atoms with Crippen molar-refractivity contribution in [1.29, 1.82) is 0 Å². The molecule has 3 heterocycles. The Kier molecular flexibility index (Phi) is 8.52. The minimum atomic E-state index is -0.446. The number of guanidine groups is 1. The third-order valence-corrected chi connectivity index (χ3v) is 8.78. The second-order valence-electron chi connectivity index (χ2n) is 10.9. The van der Waals surface area contributed by atoms with E-state index in [2.05, 4.69) is 62.3 Å². The molecule has 1 aromatic heterocycles. The van der Waals surface area contributed by atoms with Crippen LogP contribution in [-0.2, 0) is 17.6 Å². The number of nitrogens with one attached hydrogen (secondary N) is 1. The summed E-state index contributed by atoms with van der Waals surface area (Å²) < 4.78 is 1.02. The molecule has 2 saturated heterocycles. The first-order valence-corrected chi connectivity index (χ1v) is 14.7. The highest BCUT2D eigenvalue weighted by Crippen LogP contribution is 2.37. The van der Waals surface area contributed by atoms with Crippen molar-refractivity contribution in [3.63, 3.8) is 0 Å². The number of aromatic nitrogens is 1. The Morgan fingerprint density at radius 2 is 1.77 bits per heavy atom. The molecular weight excluding hydrogens is 558 g/mol. The lowest BCUT2D eigenvalue weighted by molar-refractivity contribution is -0.134. The highest BCUT2D eigenvalue weighted by atomic mass is 79.9. The van der Waals surface area contributed by atoms with E-state index in [4.69, 9.17) is 10.7 Å². The largest absolute Gasteiger partial charge is 0.369 e. The Balaban J connectivity index is 1.21. The number of halogens is 1. The Morgan fingerprint density at radius 1 is 1.05 bits per heavy atom. The molecule has 2 fully saturated rings. The Hall–Kier alpha value is -2.98. The number of pyridine rings is 1. The number of hydrogen-bond acceptors (Lipinski definition) is 4. The standard InChI is InChI=1S/C29H38BrN7O2/c1-19-3-6-24-21(15-19)4-5-22-17-23(30)18-33-26(22)27(24)36-13-11-35(12-14-36)25(38)16-20-7-9-37(10-8-20)28(31)34-29(39)32-2/h3,6,15,17-18,20,27H,4-5,7-14,16H2,1-2H3,(H3,31,32,34,39). The van der Waals surface area contributed by atoms with E-state index < -0.39 is 6.03 Å². The van der Waals surface area contributed by atoms with Gasteiger partial charge in [-0.2, -0.15) is 4.99 Å². The molecule has 9 nitrogen and oxygen atoms in total. The summed E-state index contributed by atoms with van der Waals surface area (Å²) in [5.41, 5.74) is 12.5. The third-order valence-electron chi connectivity index (χ3n) is 8.35. The first-order chi connectivity index (χ1) is 18.8. The van der Waals surface area contributed by atoms with Crippen LogP contribution in [0.25, 0.3) is 0 Å². The van der Waals surface area contributed by atoms with E-state index in [1.165, 1.54) is 29.3 Å². The van der Waals surface area contributed by atoms with Gasteiger partial charge in [-0.25, -0.2) is 4.79 Å². The number of piperazine rings is 1. The fourth-order valence-corrected chi connectivity index (χ4v) is 6.52. The molecule has 39 heavy (non-hydrogen) atoms. The highest BCUT2D eigenvalue weighted by molar-refractivity contribution is 9.10. The second kappa shape index (κ2) is 12.0. The summed E-state index contributed by atoms with van der Waals surface area (Å²) in [6.07, 6.45) is 6.20. The van der Waals surface area contributed by atoms with E-state index in [9.17, 15) is 9.59 Å². The number of fused-ring (bicyclic) bond motifs is 2. The number of aliphatic imine (C=N–C) groups is 1. The third kappa shape index (κ3) is 6.27. The fraction of sp³-hybridized carbons (Fsp3) is 0.517. The lowest BCUT2D eigenvalue weighted by Crippen LogP contribution is -2.50. The molecule has 10 heteroatoms. The number of nitrogens with two attached hydrogens (primary N) is 1. The van der Waals surface area contributed by atoms with Gasteiger partial charge in [0.1, 0.15) is 0 Å². The molecule has 1 aromatic carbocycles. The zero-order chi connectivity index (χ0) is 27.5. The molecule has 3 amide bonds. The number of nitrogens with zero attached hydrogens (tertiary/aromatic N) is 5. The van der Waals surface area contributed by atoms with E-state index >= 15 is 0 Å². The topological polar surface area (TPSA) is 107 Å². The molecule has 0 radical (unpaired) electrons. The minimum Gasteiger partial charge on any atom is -0.369 e. The molecule has 3 aliphatic rings. The minimum absolute atomic E-state index is 0.106. The molecule has 208 valence electrons. The van der Waals surface area contributed by atoms with Crippen LogP contribution in [0.3, 0.4) is 0 Å². The van der Waals surface area contributed by atoms with Gasteiger partial charge in [0.25, 0.3) is 0 Å². The number of benzene rings is 1. The molecule has 3 N–H and O–H groups in total. The van der Waals surface area contributed by atoms with Crippen molar-refractivity contribution in [3.8, 4) is 0 Å². The number of amides is 3. The average Bonchev–Trinajstić information content (AvgIpc) is 3.09. The number of carbonyl (C=O) groups excluding carboxylic acids is 2. The van der Waals surface area contributed by atoms with E-state index in [1.54, 1.807) is 0 Å². The van der Waals surface area contributed by atoms with Crippen LogP contribution in [0, 0.1) is 12.8 Å². The van der Waals surface area contributed by atoms with Crippen molar-refractivity contribution < 1.29 is 9.59 Å². The van der Waals surface area contributed by atoms with Gasteiger partial charge in [-0.05, 0) is 77.2 Å². The Morgan fingerprint density at radius 3 is 2.49 bits per heavy atom. The van der Waals surface area contributed by atoms with Crippen LogP contribution in [-0.4, -0.2) is 83.9 Å². The lowest BCUT2D eigenvalue weighted by atomic mass is 9.92. The van der Waals surface area contributed by atoms with Gasteiger partial charge in [-0.3, -0.25) is 14.7 Å². The maximum atomic E-state index is 13.3. The number of carbonyl (C=O) groups is 2. The van der Waals surface area contributed by atoms with E-state index in [1.807, 2.05) is 16.0 Å². The predicted molar refractivity (Wildman–Crippen MR) is 156 cm³/mol. The lowest BCUT2D eigenvalue weighted by Gasteiger charge is -2.40. The molecule has 0 bridgehead atoms. The van der Waals surface area contributed by atoms with E-state index in [-0.39, 0.29) is 17.9 Å². The van der Waals surface area contributed by atoms with Crippen molar-refractivity contribution in [2.45, 2.75) is 45.1 Å². The Labute approximate surface area is 239 Å². The monoisotopic (exact) mass is 595 g/mol. The van der Waals surface area contributed by atoms with Gasteiger partial charge in [0.2, 0.25) is 11.9 Å². The number of piperidine rings is 1. The number of rotatable bonds is 3. The number of hydrogen-bond donors (Lipinski definition) is 2. The normalized spacial score (nSPS) is 20.7. The summed E-state index contributed by atoms with van der Waals surface area (Å²) in [7, 11) is 1.53. The van der Waals surface area contributed by atoms with Gasteiger partial charge in [-0.1, -0.05) is 23.8 Å². The van der Waals surface area contributed by atoms with Crippen LogP contribution in [0.15, 0.2) is 39.9 Å². The van der Waals surface area contributed by atoms with Gasteiger partial charge in [-0.15, -0.1) is 0 Å². The van der Waals surface area contributed by atoms with Crippen LogP contribution in [0.4, 0.5) is 4.79 Å². The van der Waals surface area contributed by atoms with Crippen LogP contribution in [0.2, 0.25) is 0 Å². The van der Waals surface area contributed by atoms with Crippen molar-refractivity contribution in [2.24, 2.45) is 16.6 Å². The summed E-state index contributed by atoms with van der Waals surface area (Å²) >= 11 is 3.61. The van der Waals surface area contributed by atoms with Crippen LogP contribution >= 0.6 is 15.9 Å². The Bertz CT molecular complexity index is 1200. The van der Waals surface area contributed by atoms with E-state index in [0.717, 1.165) is 62.0 Å². The van der Waals surface area contributed by atoms with Gasteiger partial charge in [0.15, 0.2) is 0 Å². The van der Waals surface area contributed by atoms with Crippen molar-refractivity contribution in [1.82, 2.24) is 25.0 Å². The first-order valence-electron chi connectivity index (χ1n) is 13.9. The van der Waals surface area contributed by atoms with Crippen LogP contribution in [0.1, 0.15) is 53.3 Å². The molecule has 2 aromatic rings. The zero-order valence-electron chi connectivity index (χ0n) is 22.8. The van der Waals surface area contributed by atoms with Crippen molar-refractivity contribution in [3.05, 3.63) is 62.9 Å². The van der Waals surface area contributed by atoms with Gasteiger partial charge >= 0.3 is 6.03 Å². The summed E-state index contributed by atoms with van der Waals surface area (Å²) in [5, 5.41) is 2.46. The molecule has 1 aliphatic carbocycles. The van der Waals surface area contributed by atoms with Crippen LogP contribution in [0.5, 0.6) is 0 Å². The quantitative estimate of drug-likeness (QED) is 0.417. The van der Waals surface area contributed by atoms with Crippen molar-refractivity contribution >= 4 is 33.8 Å². The van der Waals surface area contributed by atoms with Gasteiger partial charge in [0.05, 0.1) is 11.7 Å². The smallest absolute Gasteiger partial charge is 0.343 e. The van der Waals surface area contributed by atoms with Gasteiger partial charge in [0, 0.05) is 63.4 Å². The van der Waals surface area contributed by atoms with Crippen molar-refractivity contribution in [2.75, 3.05) is 46.3 Å². The predicted octanol–water partition coefficient (Wildman–Crippen LogP) is 3.24. The number of aryl methyl sites for hydroxylation is 3. The summed E-state index contributed by atoms with van der Waals surface area (Å²) in [5.74, 6) is 0.805. The molecule has 1 unspecified atom stereocenters. The molecule has 1 atom stereocenters. The zero-order valence-corrected chi connectivity index (χ0v) is 24.4. The maximum absolute atomic E-state index is 13.3. The first kappa shape index (κ1) is 27.6. The summed E-state index contributed by atoms with van der Waals surface area (Å²) in [6.45, 7) is 6.68. The number of urea groups is 1. The molecule has 2 aliphatic heterocycles. The van der Waals surface area contributed by atoms with E-state index in [0.29, 0.717) is 25.4 Å². The van der Waals surface area contributed by atoms with Crippen LogP contribution < -0.4 is 11.1 Å². The molecule has 5 rings (SSSR count). The molecule has 0 saturated carbocycles. The molecular formula is C29H38BrN7O2. The average molecular weight is 597 g/mol. The second-order valence-corrected chi connectivity index (χ2v) is 11.8. The molecule has 0 spiro atoms.